The Hall–Kier alpha value is -3.35. The smallest absolute Gasteiger partial charge is 0.343 e. The molecule has 3 aromatic rings. The van der Waals surface area contributed by atoms with Gasteiger partial charge < -0.3 is 4.74 Å². The summed E-state index contributed by atoms with van der Waals surface area (Å²) in [6, 6.07) is 20.8. The largest absolute Gasteiger partial charge is 0.423 e. The molecule has 0 radical (unpaired) electrons. The molecular formula is C25H18ClNO4S. The molecule has 1 fully saturated rings. The molecule has 0 atom stereocenters. The first-order valence-electron chi connectivity index (χ1n) is 9.78. The minimum Gasteiger partial charge on any atom is -0.423 e. The molecule has 0 N–H and O–H groups in total. The lowest BCUT2D eigenvalue weighted by molar-refractivity contribution is -0.123. The van der Waals surface area contributed by atoms with Gasteiger partial charge in [-0.15, -0.1) is 0 Å². The van der Waals surface area contributed by atoms with Crippen molar-refractivity contribution in [1.82, 2.24) is 4.90 Å². The molecule has 0 aliphatic carbocycles. The van der Waals surface area contributed by atoms with E-state index in [9.17, 15) is 14.4 Å². The zero-order valence-electron chi connectivity index (χ0n) is 17.1. The average molecular weight is 464 g/mol. The average Bonchev–Trinajstić information content (AvgIpc) is 3.04. The Bertz CT molecular complexity index is 1200. The number of imide groups is 1. The van der Waals surface area contributed by atoms with Crippen molar-refractivity contribution in [2.24, 2.45) is 0 Å². The molecule has 1 aliphatic rings. The Morgan fingerprint density at radius 1 is 0.969 bits per heavy atom. The van der Waals surface area contributed by atoms with Gasteiger partial charge in [0.15, 0.2) is 0 Å². The highest BCUT2D eigenvalue weighted by atomic mass is 35.5. The van der Waals surface area contributed by atoms with Crippen LogP contribution < -0.4 is 4.74 Å². The Morgan fingerprint density at radius 3 is 2.28 bits per heavy atom. The van der Waals surface area contributed by atoms with E-state index in [-0.39, 0.29) is 17.7 Å². The summed E-state index contributed by atoms with van der Waals surface area (Å²) in [4.78, 5) is 38.9. The van der Waals surface area contributed by atoms with Crippen LogP contribution in [0.15, 0.2) is 77.7 Å². The normalized spacial score (nSPS) is 14.8. The second kappa shape index (κ2) is 9.42. The standard InChI is InChI=1S/C25H18ClNO4S/c1-16-2-4-18(5-3-16)15-27-23(28)22(32-25(27)30)14-17-6-12-21(13-7-17)31-24(29)19-8-10-20(26)11-9-19/h2-14H,15H2,1H3/b22-14-. The van der Waals surface area contributed by atoms with Gasteiger partial charge in [-0.25, -0.2) is 4.79 Å². The highest BCUT2D eigenvalue weighted by Gasteiger charge is 2.34. The van der Waals surface area contributed by atoms with E-state index >= 15 is 0 Å². The van der Waals surface area contributed by atoms with E-state index in [0.717, 1.165) is 28.5 Å². The van der Waals surface area contributed by atoms with Crippen molar-refractivity contribution in [2.75, 3.05) is 0 Å². The van der Waals surface area contributed by atoms with E-state index in [1.54, 1.807) is 54.6 Å². The molecule has 160 valence electrons. The number of carbonyl (C=O) groups excluding carboxylic acids is 3. The van der Waals surface area contributed by atoms with E-state index < -0.39 is 5.97 Å². The lowest BCUT2D eigenvalue weighted by Gasteiger charge is -2.12. The van der Waals surface area contributed by atoms with Crippen molar-refractivity contribution in [3.05, 3.63) is 105 Å². The van der Waals surface area contributed by atoms with Crippen LogP contribution >= 0.6 is 23.4 Å². The molecule has 0 spiro atoms. The highest BCUT2D eigenvalue weighted by Crippen LogP contribution is 2.33. The van der Waals surface area contributed by atoms with Gasteiger partial charge in [-0.2, -0.15) is 0 Å². The second-order valence-corrected chi connectivity index (χ2v) is 8.65. The van der Waals surface area contributed by atoms with Crippen LogP contribution in [0.25, 0.3) is 6.08 Å². The van der Waals surface area contributed by atoms with Gasteiger partial charge in [-0.3, -0.25) is 14.5 Å². The maximum absolute atomic E-state index is 12.7. The topological polar surface area (TPSA) is 63.7 Å². The summed E-state index contributed by atoms with van der Waals surface area (Å²) in [5.41, 5.74) is 3.12. The third-order valence-electron chi connectivity index (χ3n) is 4.80. The predicted octanol–water partition coefficient (Wildman–Crippen LogP) is 6.10. The maximum atomic E-state index is 12.7. The molecule has 1 heterocycles. The van der Waals surface area contributed by atoms with Gasteiger partial charge >= 0.3 is 5.97 Å². The number of aryl methyl sites for hydroxylation is 1. The van der Waals surface area contributed by atoms with Gasteiger partial charge in [0.25, 0.3) is 11.1 Å². The van der Waals surface area contributed by atoms with Crippen LogP contribution in [0.1, 0.15) is 27.0 Å². The number of hydrogen-bond acceptors (Lipinski definition) is 5. The van der Waals surface area contributed by atoms with Crippen molar-refractivity contribution in [3.8, 4) is 5.75 Å². The van der Waals surface area contributed by atoms with Gasteiger partial charge in [0, 0.05) is 5.02 Å². The Labute approximate surface area is 194 Å². The fourth-order valence-corrected chi connectivity index (χ4v) is 4.01. The van der Waals surface area contributed by atoms with Gasteiger partial charge in [-0.1, -0.05) is 53.6 Å². The molecule has 7 heteroatoms. The fourth-order valence-electron chi connectivity index (χ4n) is 3.05. The quantitative estimate of drug-likeness (QED) is 0.260. The first-order valence-corrected chi connectivity index (χ1v) is 11.0. The number of halogens is 1. The first-order chi connectivity index (χ1) is 15.4. The fraction of sp³-hybridized carbons (Fsp3) is 0.0800. The number of nitrogens with zero attached hydrogens (tertiary/aromatic N) is 1. The molecule has 32 heavy (non-hydrogen) atoms. The Balaban J connectivity index is 1.42. The maximum Gasteiger partial charge on any atom is 0.343 e. The monoisotopic (exact) mass is 463 g/mol. The van der Waals surface area contributed by atoms with E-state index in [1.807, 2.05) is 31.2 Å². The van der Waals surface area contributed by atoms with Crippen LogP contribution in [-0.4, -0.2) is 22.0 Å². The molecular weight excluding hydrogens is 446 g/mol. The van der Waals surface area contributed by atoms with Crippen LogP contribution in [0, 0.1) is 6.92 Å². The number of hydrogen-bond donors (Lipinski definition) is 0. The molecule has 5 nitrogen and oxygen atoms in total. The molecule has 0 saturated carbocycles. The third kappa shape index (κ3) is 5.10. The number of esters is 1. The number of thioether (sulfide) groups is 1. The van der Waals surface area contributed by atoms with E-state index in [4.69, 9.17) is 16.3 Å². The van der Waals surface area contributed by atoms with Crippen LogP contribution in [0.5, 0.6) is 5.75 Å². The van der Waals surface area contributed by atoms with Gasteiger partial charge in [0.05, 0.1) is 17.0 Å². The van der Waals surface area contributed by atoms with E-state index in [2.05, 4.69) is 0 Å². The summed E-state index contributed by atoms with van der Waals surface area (Å²) in [5, 5.41) is 0.240. The summed E-state index contributed by atoms with van der Waals surface area (Å²) in [5.74, 6) is -0.444. The summed E-state index contributed by atoms with van der Waals surface area (Å²) in [6.07, 6.45) is 1.66. The van der Waals surface area contributed by atoms with Gasteiger partial charge in [0.2, 0.25) is 0 Å². The van der Waals surface area contributed by atoms with Crippen molar-refractivity contribution in [3.63, 3.8) is 0 Å². The Kier molecular flexibility index (Phi) is 6.44. The predicted molar refractivity (Wildman–Crippen MR) is 126 cm³/mol. The van der Waals surface area contributed by atoms with Crippen molar-refractivity contribution in [2.45, 2.75) is 13.5 Å². The van der Waals surface area contributed by atoms with Crippen molar-refractivity contribution in [1.29, 1.82) is 0 Å². The molecule has 1 aliphatic heterocycles. The number of amides is 2. The molecule has 0 aromatic heterocycles. The molecule has 0 bridgehead atoms. The molecule has 3 aromatic carbocycles. The summed E-state index contributed by atoms with van der Waals surface area (Å²) in [7, 11) is 0. The van der Waals surface area contributed by atoms with Crippen molar-refractivity contribution >= 4 is 46.6 Å². The van der Waals surface area contributed by atoms with Crippen LogP contribution in [-0.2, 0) is 11.3 Å². The molecule has 2 amide bonds. The minimum atomic E-state index is -0.494. The second-order valence-electron chi connectivity index (χ2n) is 7.22. The lowest BCUT2D eigenvalue weighted by atomic mass is 10.1. The number of benzene rings is 3. The summed E-state index contributed by atoms with van der Waals surface area (Å²) >= 11 is 6.75. The zero-order valence-corrected chi connectivity index (χ0v) is 18.7. The van der Waals surface area contributed by atoms with E-state index in [1.165, 1.54) is 4.90 Å². The Morgan fingerprint density at radius 2 is 1.62 bits per heavy atom. The number of carbonyl (C=O) groups is 3. The number of ether oxygens (including phenoxy) is 1. The SMILES string of the molecule is Cc1ccc(CN2C(=O)S/C(=C\c3ccc(OC(=O)c4ccc(Cl)cc4)cc3)C2=O)cc1. The van der Waals surface area contributed by atoms with Crippen LogP contribution in [0.4, 0.5) is 4.79 Å². The van der Waals surface area contributed by atoms with Crippen LogP contribution in [0.3, 0.4) is 0 Å². The summed E-state index contributed by atoms with van der Waals surface area (Å²) < 4.78 is 5.36. The highest BCUT2D eigenvalue weighted by molar-refractivity contribution is 8.18. The third-order valence-corrected chi connectivity index (χ3v) is 5.96. The minimum absolute atomic E-state index is 0.238. The van der Waals surface area contributed by atoms with Crippen LogP contribution in [0.2, 0.25) is 5.02 Å². The zero-order chi connectivity index (χ0) is 22.7. The summed E-state index contributed by atoms with van der Waals surface area (Å²) in [6.45, 7) is 2.22. The first kappa shape index (κ1) is 21.9. The molecule has 4 rings (SSSR count). The lowest BCUT2D eigenvalue weighted by Crippen LogP contribution is -2.27. The van der Waals surface area contributed by atoms with Gasteiger partial charge in [-0.05, 0) is 72.3 Å². The van der Waals surface area contributed by atoms with Gasteiger partial charge in [0.1, 0.15) is 5.75 Å². The molecule has 0 unspecified atom stereocenters. The van der Waals surface area contributed by atoms with E-state index in [0.29, 0.717) is 21.2 Å². The van der Waals surface area contributed by atoms with Crippen molar-refractivity contribution < 1.29 is 19.1 Å². The number of rotatable bonds is 5. The molecule has 1 saturated heterocycles.